The van der Waals surface area contributed by atoms with Gasteiger partial charge in [0.2, 0.25) is 0 Å². The van der Waals surface area contributed by atoms with Crippen LogP contribution in [0.25, 0.3) is 0 Å². The molecule has 1 fully saturated rings. The number of ether oxygens (including phenoxy) is 1. The number of rotatable bonds is 7. The molecule has 1 aliphatic rings. The first-order valence-electron chi connectivity index (χ1n) is 10.2. The molecule has 1 aromatic heterocycles. The molecule has 0 aliphatic carbocycles. The smallest absolute Gasteiger partial charge is 0.179 e. The van der Waals surface area contributed by atoms with E-state index in [4.69, 9.17) is 8.92 Å². The molecule has 6 heteroatoms. The zero-order valence-corrected chi connectivity index (χ0v) is 18.3. The van der Waals surface area contributed by atoms with Gasteiger partial charge in [-0.1, -0.05) is 23.8 Å². The van der Waals surface area contributed by atoms with Crippen LogP contribution in [0.1, 0.15) is 11.1 Å². The predicted molar refractivity (Wildman–Crippen MR) is 122 cm³/mol. The van der Waals surface area contributed by atoms with Crippen LogP contribution in [0.4, 0.5) is 5.69 Å². The maximum absolute atomic E-state index is 5.93. The van der Waals surface area contributed by atoms with Crippen LogP contribution in [0.15, 0.2) is 71.9 Å². The Morgan fingerprint density at radius 1 is 0.900 bits per heavy atom. The zero-order chi connectivity index (χ0) is 20.8. The van der Waals surface area contributed by atoms with Crippen LogP contribution in [0.3, 0.4) is 0 Å². The third-order valence-corrected chi connectivity index (χ3v) is 6.01. The van der Waals surface area contributed by atoms with Gasteiger partial charge in [-0.05, 0) is 48.9 Å². The molecule has 4 rings (SSSR count). The highest BCUT2D eigenvalue weighted by Gasteiger charge is 2.18. The molecule has 30 heavy (non-hydrogen) atoms. The van der Waals surface area contributed by atoms with E-state index in [1.165, 1.54) is 28.9 Å². The van der Waals surface area contributed by atoms with E-state index >= 15 is 0 Å². The van der Waals surface area contributed by atoms with E-state index < -0.39 is 0 Å². The molecule has 2 heterocycles. The molecule has 1 saturated heterocycles. The average molecular weight is 422 g/mol. The van der Waals surface area contributed by atoms with Crippen molar-refractivity contribution in [3.63, 3.8) is 0 Å². The standard InChI is InChI=1S/C24H27N3O2S/c1-19-3-6-22(7-4-19)30-29-23-8-5-20(17-24(23)28-2)18-26-13-15-27(16-14-26)21-9-11-25-12-10-21/h3-12,17H,13-16,18H2,1-2H3. The van der Waals surface area contributed by atoms with Gasteiger partial charge in [-0.3, -0.25) is 9.88 Å². The van der Waals surface area contributed by atoms with Gasteiger partial charge in [0.1, 0.15) is 0 Å². The van der Waals surface area contributed by atoms with Crippen LogP contribution in [-0.2, 0) is 6.54 Å². The Kier molecular flexibility index (Phi) is 6.77. The number of benzene rings is 2. The fraction of sp³-hybridized carbons (Fsp3) is 0.292. The van der Waals surface area contributed by atoms with Crippen molar-refractivity contribution in [1.82, 2.24) is 9.88 Å². The maximum atomic E-state index is 5.93. The van der Waals surface area contributed by atoms with Gasteiger partial charge in [0.05, 0.1) is 19.2 Å². The second-order valence-corrected chi connectivity index (χ2v) is 8.24. The highest BCUT2D eigenvalue weighted by atomic mass is 32.2. The summed E-state index contributed by atoms with van der Waals surface area (Å²) in [5.41, 5.74) is 3.72. The molecule has 0 saturated carbocycles. The Balaban J connectivity index is 1.33. The van der Waals surface area contributed by atoms with Crippen molar-refractivity contribution in [2.45, 2.75) is 18.4 Å². The first-order chi connectivity index (χ1) is 14.7. The van der Waals surface area contributed by atoms with E-state index in [1.807, 2.05) is 18.5 Å². The molecular weight excluding hydrogens is 394 g/mol. The fourth-order valence-electron chi connectivity index (χ4n) is 3.54. The minimum atomic E-state index is 0.745. The van der Waals surface area contributed by atoms with E-state index in [-0.39, 0.29) is 0 Å². The second-order valence-electron chi connectivity index (χ2n) is 7.43. The highest BCUT2D eigenvalue weighted by molar-refractivity contribution is 7.95. The normalized spacial score (nSPS) is 14.5. The summed E-state index contributed by atoms with van der Waals surface area (Å²) in [5, 5.41) is 0. The SMILES string of the molecule is COc1cc(CN2CCN(c3ccncc3)CC2)ccc1OSc1ccc(C)cc1. The first kappa shape index (κ1) is 20.6. The van der Waals surface area contributed by atoms with E-state index in [0.717, 1.165) is 49.1 Å². The summed E-state index contributed by atoms with van der Waals surface area (Å²) < 4.78 is 11.5. The molecule has 0 N–H and O–H groups in total. The molecule has 0 radical (unpaired) electrons. The number of aryl methyl sites for hydroxylation is 1. The largest absolute Gasteiger partial charge is 0.493 e. The van der Waals surface area contributed by atoms with Gasteiger partial charge in [-0.25, -0.2) is 0 Å². The third kappa shape index (κ3) is 5.26. The lowest BCUT2D eigenvalue weighted by atomic mass is 10.1. The molecule has 2 aromatic carbocycles. The summed E-state index contributed by atoms with van der Waals surface area (Å²) in [5.74, 6) is 1.51. The van der Waals surface area contributed by atoms with Crippen LogP contribution in [-0.4, -0.2) is 43.2 Å². The Hall–Kier alpha value is -2.70. The van der Waals surface area contributed by atoms with Crippen molar-refractivity contribution < 1.29 is 8.92 Å². The molecule has 1 aliphatic heterocycles. The van der Waals surface area contributed by atoms with Crippen LogP contribution in [0, 0.1) is 6.92 Å². The lowest BCUT2D eigenvalue weighted by Gasteiger charge is -2.36. The number of nitrogens with zero attached hydrogens (tertiary/aromatic N) is 3. The minimum Gasteiger partial charge on any atom is -0.493 e. The molecule has 0 unspecified atom stereocenters. The van der Waals surface area contributed by atoms with E-state index in [2.05, 4.69) is 70.2 Å². The van der Waals surface area contributed by atoms with E-state index in [9.17, 15) is 0 Å². The van der Waals surface area contributed by atoms with Gasteiger partial charge in [0, 0.05) is 55.7 Å². The summed E-state index contributed by atoms with van der Waals surface area (Å²) >= 11 is 1.35. The molecular formula is C24H27N3O2S. The van der Waals surface area contributed by atoms with Gasteiger partial charge in [0.25, 0.3) is 0 Å². The lowest BCUT2D eigenvalue weighted by molar-refractivity contribution is 0.249. The Morgan fingerprint density at radius 2 is 1.63 bits per heavy atom. The first-order valence-corrected chi connectivity index (χ1v) is 10.9. The molecule has 0 spiro atoms. The number of hydrogen-bond acceptors (Lipinski definition) is 6. The summed E-state index contributed by atoms with van der Waals surface area (Å²) in [4.78, 5) is 10.1. The quantitative estimate of drug-likeness (QED) is 0.510. The Bertz CT molecular complexity index is 942. The number of methoxy groups -OCH3 is 1. The number of hydrogen-bond donors (Lipinski definition) is 0. The third-order valence-electron chi connectivity index (χ3n) is 5.28. The molecule has 0 bridgehead atoms. The van der Waals surface area contributed by atoms with Crippen LogP contribution < -0.4 is 13.8 Å². The highest BCUT2D eigenvalue weighted by Crippen LogP contribution is 2.33. The van der Waals surface area contributed by atoms with Crippen molar-refractivity contribution in [2.75, 3.05) is 38.2 Å². The van der Waals surface area contributed by atoms with Gasteiger partial charge >= 0.3 is 0 Å². The van der Waals surface area contributed by atoms with Crippen LogP contribution in [0.5, 0.6) is 11.5 Å². The van der Waals surface area contributed by atoms with Crippen LogP contribution >= 0.6 is 12.0 Å². The average Bonchev–Trinajstić information content (AvgIpc) is 2.80. The maximum Gasteiger partial charge on any atom is 0.179 e. The zero-order valence-electron chi connectivity index (χ0n) is 17.5. The molecule has 0 atom stereocenters. The number of piperazine rings is 1. The van der Waals surface area contributed by atoms with Crippen molar-refractivity contribution in [3.05, 3.63) is 78.1 Å². The van der Waals surface area contributed by atoms with Gasteiger partial charge in [-0.2, -0.15) is 0 Å². The van der Waals surface area contributed by atoms with Crippen molar-refractivity contribution in [1.29, 1.82) is 0 Å². The Labute approximate surface area is 182 Å². The Morgan fingerprint density at radius 3 is 2.33 bits per heavy atom. The van der Waals surface area contributed by atoms with Gasteiger partial charge in [0.15, 0.2) is 11.5 Å². The summed E-state index contributed by atoms with van der Waals surface area (Å²) in [6, 6.07) is 18.7. The van der Waals surface area contributed by atoms with Gasteiger partial charge < -0.3 is 13.8 Å². The monoisotopic (exact) mass is 421 g/mol. The molecule has 0 amide bonds. The number of pyridine rings is 1. The topological polar surface area (TPSA) is 37.8 Å². The summed E-state index contributed by atoms with van der Waals surface area (Å²) in [6.45, 7) is 7.10. The van der Waals surface area contributed by atoms with Crippen molar-refractivity contribution in [2.24, 2.45) is 0 Å². The predicted octanol–water partition coefficient (Wildman–Crippen LogP) is 4.81. The minimum absolute atomic E-state index is 0.745. The van der Waals surface area contributed by atoms with Gasteiger partial charge in [-0.15, -0.1) is 0 Å². The van der Waals surface area contributed by atoms with Crippen molar-refractivity contribution >= 4 is 17.7 Å². The summed E-state index contributed by atoms with van der Waals surface area (Å²) in [7, 11) is 1.69. The molecule has 3 aromatic rings. The molecule has 156 valence electrons. The fourth-order valence-corrected chi connectivity index (χ4v) is 4.11. The second kappa shape index (κ2) is 9.87. The lowest BCUT2D eigenvalue weighted by Crippen LogP contribution is -2.45. The molecule has 5 nitrogen and oxygen atoms in total. The summed E-state index contributed by atoms with van der Waals surface area (Å²) in [6.07, 6.45) is 3.71. The van der Waals surface area contributed by atoms with E-state index in [1.54, 1.807) is 7.11 Å². The van der Waals surface area contributed by atoms with Crippen molar-refractivity contribution in [3.8, 4) is 11.5 Å². The number of anilines is 1. The van der Waals surface area contributed by atoms with Crippen LogP contribution in [0.2, 0.25) is 0 Å². The number of aromatic nitrogens is 1. The van der Waals surface area contributed by atoms with E-state index in [0.29, 0.717) is 0 Å².